The van der Waals surface area contributed by atoms with Crippen molar-refractivity contribution in [1.29, 1.82) is 0 Å². The number of hydrogen-bond acceptors (Lipinski definition) is 3. The van der Waals surface area contributed by atoms with Gasteiger partial charge in [0.15, 0.2) is 0 Å². The Hall–Kier alpha value is -1.36. The molecule has 0 aliphatic heterocycles. The van der Waals surface area contributed by atoms with Crippen molar-refractivity contribution in [2.75, 3.05) is 13.2 Å². The first kappa shape index (κ1) is 14.7. The number of aromatic nitrogens is 2. The van der Waals surface area contributed by atoms with Crippen LogP contribution in [0.4, 0.5) is 0 Å². The van der Waals surface area contributed by atoms with Crippen molar-refractivity contribution in [1.82, 2.24) is 15.1 Å². The molecule has 0 aromatic carbocycles. The lowest BCUT2D eigenvalue weighted by molar-refractivity contribution is 0.0950. The number of nitrogens with zero attached hydrogens (tertiary/aromatic N) is 2. The van der Waals surface area contributed by atoms with Gasteiger partial charge in [-0.3, -0.25) is 9.48 Å². The van der Waals surface area contributed by atoms with Crippen LogP contribution in [0, 0.1) is 6.92 Å². The maximum Gasteiger partial charge on any atom is 0.254 e. The molecule has 1 aromatic heterocycles. The average Bonchev–Trinajstić information content (AvgIpc) is 2.74. The van der Waals surface area contributed by atoms with Crippen molar-refractivity contribution in [2.24, 2.45) is 0 Å². The number of carbonyl (C=O) groups is 1. The third kappa shape index (κ3) is 3.32. The summed E-state index contributed by atoms with van der Waals surface area (Å²) in [6, 6.07) is 0.351. The van der Waals surface area contributed by atoms with Crippen LogP contribution >= 0.6 is 0 Å². The van der Waals surface area contributed by atoms with Crippen LogP contribution in [-0.4, -0.2) is 33.9 Å². The second-order valence-electron chi connectivity index (χ2n) is 4.39. The highest BCUT2D eigenvalue weighted by molar-refractivity contribution is 5.95. The third-order valence-corrected chi connectivity index (χ3v) is 3.20. The van der Waals surface area contributed by atoms with Gasteiger partial charge in [0, 0.05) is 18.8 Å². The lowest BCUT2D eigenvalue weighted by Crippen LogP contribution is -2.25. The Morgan fingerprint density at radius 1 is 1.50 bits per heavy atom. The fraction of sp³-hybridized carbons (Fsp3) is 0.692. The maximum atomic E-state index is 11.9. The molecule has 1 aromatic rings. The summed E-state index contributed by atoms with van der Waals surface area (Å²) in [5.41, 5.74) is 1.53. The van der Waals surface area contributed by atoms with Crippen LogP contribution in [0.3, 0.4) is 0 Å². The van der Waals surface area contributed by atoms with E-state index in [0.29, 0.717) is 24.6 Å². The van der Waals surface area contributed by atoms with Gasteiger partial charge in [0.1, 0.15) is 0 Å². The molecular weight excluding hydrogens is 230 g/mol. The minimum Gasteiger partial charge on any atom is -0.396 e. The van der Waals surface area contributed by atoms with Crippen LogP contribution in [0.5, 0.6) is 0 Å². The molecule has 0 aliphatic carbocycles. The summed E-state index contributed by atoms with van der Waals surface area (Å²) in [5, 5.41) is 15.8. The number of carbonyl (C=O) groups excluding carboxylic acids is 1. The van der Waals surface area contributed by atoms with E-state index in [1.807, 2.05) is 11.6 Å². The van der Waals surface area contributed by atoms with Gasteiger partial charge in [0.2, 0.25) is 0 Å². The van der Waals surface area contributed by atoms with Gasteiger partial charge >= 0.3 is 0 Å². The van der Waals surface area contributed by atoms with Crippen LogP contribution in [0.25, 0.3) is 0 Å². The second kappa shape index (κ2) is 7.16. The predicted octanol–water partition coefficient (Wildman–Crippen LogP) is 1.66. The Kier molecular flexibility index (Phi) is 5.85. The fourth-order valence-electron chi connectivity index (χ4n) is 2.03. The molecule has 1 heterocycles. The van der Waals surface area contributed by atoms with Crippen LogP contribution in [0.1, 0.15) is 55.2 Å². The first-order valence-corrected chi connectivity index (χ1v) is 6.58. The molecule has 0 saturated carbocycles. The van der Waals surface area contributed by atoms with Crippen LogP contribution in [0.15, 0.2) is 6.20 Å². The molecule has 0 aliphatic rings. The molecule has 0 fully saturated rings. The van der Waals surface area contributed by atoms with Crippen molar-refractivity contribution in [2.45, 2.75) is 46.1 Å². The van der Waals surface area contributed by atoms with Gasteiger partial charge in [-0.05, 0) is 26.2 Å². The fourth-order valence-corrected chi connectivity index (χ4v) is 2.03. The van der Waals surface area contributed by atoms with Crippen molar-refractivity contribution < 1.29 is 9.90 Å². The summed E-state index contributed by atoms with van der Waals surface area (Å²) in [5.74, 6) is -0.113. The number of amides is 1. The molecule has 1 amide bonds. The first-order chi connectivity index (χ1) is 8.65. The number of aliphatic hydroxyl groups excluding tert-OH is 1. The lowest BCUT2D eigenvalue weighted by atomic mass is 10.1. The Bertz CT molecular complexity index is 384. The van der Waals surface area contributed by atoms with Gasteiger partial charge < -0.3 is 10.4 Å². The van der Waals surface area contributed by atoms with Crippen molar-refractivity contribution >= 4 is 5.91 Å². The van der Waals surface area contributed by atoms with Gasteiger partial charge in [-0.2, -0.15) is 5.10 Å². The summed E-state index contributed by atoms with van der Waals surface area (Å²) < 4.78 is 1.93. The Morgan fingerprint density at radius 3 is 2.72 bits per heavy atom. The van der Waals surface area contributed by atoms with Crippen LogP contribution in [0.2, 0.25) is 0 Å². The highest BCUT2D eigenvalue weighted by Gasteiger charge is 2.17. The molecule has 0 atom stereocenters. The summed E-state index contributed by atoms with van der Waals surface area (Å²) >= 11 is 0. The minimum atomic E-state index is -0.113. The van der Waals surface area contributed by atoms with E-state index in [-0.39, 0.29) is 12.5 Å². The smallest absolute Gasteiger partial charge is 0.254 e. The lowest BCUT2D eigenvalue weighted by Gasteiger charge is -2.15. The molecule has 0 bridgehead atoms. The monoisotopic (exact) mass is 253 g/mol. The number of hydrogen-bond donors (Lipinski definition) is 2. The highest BCUT2D eigenvalue weighted by Crippen LogP contribution is 2.19. The normalized spacial score (nSPS) is 10.9. The zero-order valence-corrected chi connectivity index (χ0v) is 11.4. The van der Waals surface area contributed by atoms with E-state index in [1.165, 1.54) is 0 Å². The average molecular weight is 253 g/mol. The van der Waals surface area contributed by atoms with Crippen molar-refractivity contribution in [3.63, 3.8) is 0 Å². The molecule has 0 spiro atoms. The molecule has 2 N–H and O–H groups in total. The van der Waals surface area contributed by atoms with E-state index in [4.69, 9.17) is 5.11 Å². The Labute approximate surface area is 108 Å². The van der Waals surface area contributed by atoms with E-state index in [0.717, 1.165) is 18.5 Å². The molecular formula is C13H23N3O2. The van der Waals surface area contributed by atoms with Crippen LogP contribution in [-0.2, 0) is 0 Å². The Morgan fingerprint density at radius 2 is 2.17 bits per heavy atom. The van der Waals surface area contributed by atoms with E-state index in [1.54, 1.807) is 6.20 Å². The first-order valence-electron chi connectivity index (χ1n) is 6.58. The topological polar surface area (TPSA) is 67.2 Å². The number of aliphatic hydroxyl groups is 1. The summed E-state index contributed by atoms with van der Waals surface area (Å²) in [6.45, 7) is 6.75. The largest absolute Gasteiger partial charge is 0.396 e. The molecule has 18 heavy (non-hydrogen) atoms. The van der Waals surface area contributed by atoms with Crippen LogP contribution < -0.4 is 5.32 Å². The van der Waals surface area contributed by atoms with Gasteiger partial charge in [0.25, 0.3) is 5.91 Å². The minimum absolute atomic E-state index is 0.0896. The third-order valence-electron chi connectivity index (χ3n) is 3.20. The second-order valence-corrected chi connectivity index (χ2v) is 4.39. The zero-order chi connectivity index (χ0) is 13.5. The van der Waals surface area contributed by atoms with Crippen molar-refractivity contribution in [3.05, 3.63) is 17.5 Å². The maximum absolute atomic E-state index is 11.9. The summed E-state index contributed by atoms with van der Waals surface area (Å²) in [7, 11) is 0. The summed E-state index contributed by atoms with van der Waals surface area (Å²) in [6.07, 6.45) is 4.21. The number of nitrogens with one attached hydrogen (secondary N) is 1. The SMILES string of the molecule is CCC(CC)n1ncc(C(=O)NCCCO)c1C. The quantitative estimate of drug-likeness (QED) is 0.726. The van der Waals surface area contributed by atoms with Crippen molar-refractivity contribution in [3.8, 4) is 0 Å². The van der Waals surface area contributed by atoms with E-state index >= 15 is 0 Å². The zero-order valence-electron chi connectivity index (χ0n) is 11.4. The molecule has 1 rings (SSSR count). The summed E-state index contributed by atoms with van der Waals surface area (Å²) in [4.78, 5) is 11.9. The predicted molar refractivity (Wildman–Crippen MR) is 70.6 cm³/mol. The van der Waals surface area contributed by atoms with E-state index < -0.39 is 0 Å². The molecule has 5 heteroatoms. The van der Waals surface area contributed by atoms with Gasteiger partial charge in [-0.1, -0.05) is 13.8 Å². The number of rotatable bonds is 7. The van der Waals surface area contributed by atoms with Gasteiger partial charge in [0.05, 0.1) is 17.8 Å². The van der Waals surface area contributed by atoms with Gasteiger partial charge in [-0.15, -0.1) is 0 Å². The molecule has 102 valence electrons. The molecule has 5 nitrogen and oxygen atoms in total. The Balaban J connectivity index is 2.76. The van der Waals surface area contributed by atoms with E-state index in [2.05, 4.69) is 24.3 Å². The van der Waals surface area contributed by atoms with Gasteiger partial charge in [-0.25, -0.2) is 0 Å². The van der Waals surface area contributed by atoms with E-state index in [9.17, 15) is 4.79 Å². The molecule has 0 radical (unpaired) electrons. The standard InChI is InChI=1S/C13H23N3O2/c1-4-11(5-2)16-10(3)12(9-15-16)13(18)14-7-6-8-17/h9,11,17H,4-8H2,1-3H3,(H,14,18). The highest BCUT2D eigenvalue weighted by atomic mass is 16.3. The molecule has 0 unspecified atom stereocenters. The molecule has 0 saturated heterocycles.